The molecule has 0 unspecified atom stereocenters. The Morgan fingerprint density at radius 3 is 2.67 bits per heavy atom. The smallest absolute Gasteiger partial charge is 0.348 e. The second kappa shape index (κ2) is 6.99. The molecule has 6 heteroatoms. The van der Waals surface area contributed by atoms with E-state index in [0.29, 0.717) is 10.4 Å². The van der Waals surface area contributed by atoms with Gasteiger partial charge >= 0.3 is 5.97 Å². The van der Waals surface area contributed by atoms with Gasteiger partial charge in [-0.05, 0) is 25.1 Å². The van der Waals surface area contributed by atoms with Crippen molar-refractivity contribution in [2.75, 3.05) is 6.61 Å². The molecule has 110 valence electrons. The normalized spacial score (nSPS) is 10.2. The summed E-state index contributed by atoms with van der Waals surface area (Å²) in [6, 6.07) is 9.62. The number of aryl methyl sites for hydroxylation is 1. The summed E-state index contributed by atoms with van der Waals surface area (Å²) in [5.74, 6) is -1.39. The Morgan fingerprint density at radius 1 is 1.24 bits per heavy atom. The molecule has 1 amide bonds. The number of hydrogen-bond donors (Lipinski definition) is 1. The van der Waals surface area contributed by atoms with Crippen LogP contribution in [0.2, 0.25) is 0 Å². The quantitative estimate of drug-likeness (QED) is 0.864. The van der Waals surface area contributed by atoms with Crippen molar-refractivity contribution in [2.45, 2.75) is 13.5 Å². The molecule has 0 radical (unpaired) electrons. The number of nitrogens with one attached hydrogen (secondary N) is 1. The number of carbonyl (C=O) groups excluding carboxylic acids is 2. The van der Waals surface area contributed by atoms with Gasteiger partial charge in [0, 0.05) is 17.0 Å². The second-order valence-corrected chi connectivity index (χ2v) is 5.64. The first-order chi connectivity index (χ1) is 10.1. The summed E-state index contributed by atoms with van der Waals surface area (Å²) in [5, 5.41) is 2.50. The van der Waals surface area contributed by atoms with Gasteiger partial charge in [-0.3, -0.25) is 4.79 Å². The third kappa shape index (κ3) is 4.39. The Labute approximate surface area is 125 Å². The van der Waals surface area contributed by atoms with Crippen LogP contribution < -0.4 is 5.32 Å². The molecule has 1 aromatic carbocycles. The van der Waals surface area contributed by atoms with E-state index in [-0.39, 0.29) is 19.0 Å². The maximum atomic E-state index is 13.3. The number of rotatable bonds is 5. The van der Waals surface area contributed by atoms with Gasteiger partial charge in [0.25, 0.3) is 5.91 Å². The lowest BCUT2D eigenvalue weighted by Gasteiger charge is -2.06. The largest absolute Gasteiger partial charge is 0.451 e. The van der Waals surface area contributed by atoms with Crippen molar-refractivity contribution in [3.8, 4) is 0 Å². The van der Waals surface area contributed by atoms with E-state index in [4.69, 9.17) is 4.74 Å². The molecule has 1 N–H and O–H groups in total. The number of ether oxygens (including phenoxy) is 1. The number of carbonyl (C=O) groups is 2. The maximum Gasteiger partial charge on any atom is 0.348 e. The maximum absolute atomic E-state index is 13.3. The van der Waals surface area contributed by atoms with E-state index in [1.807, 2.05) is 6.92 Å². The summed E-state index contributed by atoms with van der Waals surface area (Å²) in [4.78, 5) is 24.6. The Bertz CT molecular complexity index is 654. The highest BCUT2D eigenvalue weighted by atomic mass is 32.1. The zero-order valence-electron chi connectivity index (χ0n) is 11.4. The summed E-state index contributed by atoms with van der Waals surface area (Å²) < 4.78 is 18.2. The zero-order chi connectivity index (χ0) is 15.2. The fourth-order valence-electron chi connectivity index (χ4n) is 1.63. The molecule has 1 heterocycles. The average Bonchev–Trinajstić information content (AvgIpc) is 2.90. The molecule has 0 atom stereocenters. The minimum atomic E-state index is -0.533. The van der Waals surface area contributed by atoms with Gasteiger partial charge in [-0.2, -0.15) is 0 Å². The van der Waals surface area contributed by atoms with E-state index in [1.54, 1.807) is 30.3 Å². The van der Waals surface area contributed by atoms with Crippen LogP contribution in [0.3, 0.4) is 0 Å². The van der Waals surface area contributed by atoms with Crippen LogP contribution in [-0.4, -0.2) is 18.5 Å². The Kier molecular flexibility index (Phi) is 5.05. The molecule has 0 saturated heterocycles. The van der Waals surface area contributed by atoms with E-state index in [1.165, 1.54) is 17.4 Å². The molecule has 0 aliphatic rings. The van der Waals surface area contributed by atoms with E-state index in [0.717, 1.165) is 4.88 Å². The Hall–Kier alpha value is -2.21. The van der Waals surface area contributed by atoms with Crippen LogP contribution in [0, 0.1) is 12.7 Å². The van der Waals surface area contributed by atoms with Crippen LogP contribution in [0.25, 0.3) is 0 Å². The van der Waals surface area contributed by atoms with Gasteiger partial charge < -0.3 is 10.1 Å². The fraction of sp³-hybridized carbons (Fsp3) is 0.200. The van der Waals surface area contributed by atoms with Crippen LogP contribution in [0.1, 0.15) is 20.1 Å². The highest BCUT2D eigenvalue weighted by molar-refractivity contribution is 7.13. The lowest BCUT2D eigenvalue weighted by atomic mass is 10.2. The summed E-state index contributed by atoms with van der Waals surface area (Å²) in [6.07, 6.45) is 0. The van der Waals surface area contributed by atoms with Crippen molar-refractivity contribution in [3.63, 3.8) is 0 Å². The van der Waals surface area contributed by atoms with Gasteiger partial charge in [-0.15, -0.1) is 11.3 Å². The topological polar surface area (TPSA) is 55.4 Å². The van der Waals surface area contributed by atoms with E-state index in [9.17, 15) is 14.0 Å². The number of hydrogen-bond acceptors (Lipinski definition) is 4. The number of thiophene rings is 1. The predicted molar refractivity (Wildman–Crippen MR) is 77.6 cm³/mol. The van der Waals surface area contributed by atoms with Crippen LogP contribution in [0.15, 0.2) is 36.4 Å². The SMILES string of the molecule is Cc1ccc(C(=O)OCC(=O)NCc2ccccc2F)s1. The van der Waals surface area contributed by atoms with Crippen molar-refractivity contribution < 1.29 is 18.7 Å². The lowest BCUT2D eigenvalue weighted by molar-refractivity contribution is -0.124. The molecule has 0 aliphatic heterocycles. The van der Waals surface area contributed by atoms with Crippen molar-refractivity contribution in [3.05, 3.63) is 57.5 Å². The molecular formula is C15H14FNO3S. The van der Waals surface area contributed by atoms with Crippen LogP contribution in [0.5, 0.6) is 0 Å². The molecule has 21 heavy (non-hydrogen) atoms. The molecule has 4 nitrogen and oxygen atoms in total. The predicted octanol–water partition coefficient (Wildman–Crippen LogP) is 2.67. The average molecular weight is 307 g/mol. The van der Waals surface area contributed by atoms with E-state index < -0.39 is 11.9 Å². The third-order valence-corrected chi connectivity index (χ3v) is 3.69. The first-order valence-electron chi connectivity index (χ1n) is 6.30. The zero-order valence-corrected chi connectivity index (χ0v) is 12.2. The summed E-state index contributed by atoms with van der Waals surface area (Å²) in [5.41, 5.74) is 0.381. The molecule has 1 aromatic heterocycles. The number of benzene rings is 1. The summed E-state index contributed by atoms with van der Waals surface area (Å²) >= 11 is 1.30. The molecule has 0 spiro atoms. The number of esters is 1. The second-order valence-electron chi connectivity index (χ2n) is 4.35. The van der Waals surface area contributed by atoms with Gasteiger partial charge in [-0.1, -0.05) is 18.2 Å². The lowest BCUT2D eigenvalue weighted by Crippen LogP contribution is -2.28. The van der Waals surface area contributed by atoms with E-state index in [2.05, 4.69) is 5.32 Å². The Morgan fingerprint density at radius 2 is 2.00 bits per heavy atom. The van der Waals surface area contributed by atoms with Crippen molar-refractivity contribution in [2.24, 2.45) is 0 Å². The molecule has 2 rings (SSSR count). The monoisotopic (exact) mass is 307 g/mol. The summed E-state index contributed by atoms with van der Waals surface area (Å²) in [6.45, 7) is 1.55. The van der Waals surface area contributed by atoms with Gasteiger partial charge in [-0.25, -0.2) is 9.18 Å². The van der Waals surface area contributed by atoms with Crippen molar-refractivity contribution in [1.82, 2.24) is 5.32 Å². The standard InChI is InChI=1S/C15H14FNO3S/c1-10-6-7-13(21-10)15(19)20-9-14(18)17-8-11-4-2-3-5-12(11)16/h2-7H,8-9H2,1H3,(H,17,18). The van der Waals surface area contributed by atoms with Crippen LogP contribution in [0.4, 0.5) is 4.39 Å². The van der Waals surface area contributed by atoms with Crippen LogP contribution >= 0.6 is 11.3 Å². The Balaban J connectivity index is 1.78. The molecule has 2 aromatic rings. The molecule has 0 bridgehead atoms. The minimum Gasteiger partial charge on any atom is -0.451 e. The van der Waals surface area contributed by atoms with Gasteiger partial charge in [0.1, 0.15) is 10.7 Å². The highest BCUT2D eigenvalue weighted by Gasteiger charge is 2.12. The first-order valence-corrected chi connectivity index (χ1v) is 7.11. The molecular weight excluding hydrogens is 293 g/mol. The highest BCUT2D eigenvalue weighted by Crippen LogP contribution is 2.15. The van der Waals surface area contributed by atoms with Crippen LogP contribution in [-0.2, 0) is 16.1 Å². The van der Waals surface area contributed by atoms with Crippen molar-refractivity contribution >= 4 is 23.2 Å². The molecule has 0 aliphatic carbocycles. The van der Waals surface area contributed by atoms with Gasteiger partial charge in [0.2, 0.25) is 0 Å². The molecule has 0 saturated carbocycles. The minimum absolute atomic E-state index is 0.0567. The van der Waals surface area contributed by atoms with E-state index >= 15 is 0 Å². The fourth-order valence-corrected chi connectivity index (χ4v) is 2.39. The third-order valence-electron chi connectivity index (χ3n) is 2.71. The summed E-state index contributed by atoms with van der Waals surface area (Å²) in [7, 11) is 0. The van der Waals surface area contributed by atoms with Crippen molar-refractivity contribution in [1.29, 1.82) is 0 Å². The van der Waals surface area contributed by atoms with Gasteiger partial charge in [0.15, 0.2) is 6.61 Å². The molecule has 0 fully saturated rings. The number of amides is 1. The number of halogens is 1. The van der Waals surface area contributed by atoms with Gasteiger partial charge in [0.05, 0.1) is 0 Å². The first kappa shape index (κ1) is 15.2.